The van der Waals surface area contributed by atoms with Crippen molar-refractivity contribution >= 4 is 5.91 Å². The fraction of sp³-hybridized carbons (Fsp3) is 0.609. The molecule has 4 fully saturated rings. The summed E-state index contributed by atoms with van der Waals surface area (Å²) < 4.78 is 1.91. The summed E-state index contributed by atoms with van der Waals surface area (Å²) in [5, 5.41) is 22.5. The van der Waals surface area contributed by atoms with Crippen LogP contribution in [-0.2, 0) is 23.5 Å². The van der Waals surface area contributed by atoms with Crippen molar-refractivity contribution in [2.24, 2.45) is 11.8 Å². The lowest BCUT2D eigenvalue weighted by molar-refractivity contribution is -0.945. The Bertz CT molecular complexity index is 877. The number of hydrogen-bond acceptors (Lipinski definition) is 4. The van der Waals surface area contributed by atoms with Crippen molar-refractivity contribution in [2.45, 2.75) is 63.3 Å². The number of nitrogens with zero attached hydrogens (tertiary/aromatic N) is 3. The summed E-state index contributed by atoms with van der Waals surface area (Å²) in [6.45, 7) is 3.45. The van der Waals surface area contributed by atoms with E-state index in [2.05, 4.69) is 15.6 Å². The minimum atomic E-state index is -0.779. The smallest absolute Gasteiger partial charge is 0.229 e. The van der Waals surface area contributed by atoms with E-state index in [-0.39, 0.29) is 11.8 Å². The normalized spacial score (nSPS) is 29.8. The molecule has 1 aromatic heterocycles. The van der Waals surface area contributed by atoms with Crippen molar-refractivity contribution in [1.82, 2.24) is 20.3 Å². The van der Waals surface area contributed by atoms with Gasteiger partial charge in [-0.1, -0.05) is 48.4 Å². The van der Waals surface area contributed by atoms with Crippen LogP contribution in [0.15, 0.2) is 36.5 Å². The quantitative estimate of drug-likeness (QED) is 0.653. The monoisotopic (exact) mass is 410 g/mol. The van der Waals surface area contributed by atoms with Gasteiger partial charge in [-0.2, -0.15) is 0 Å². The molecule has 160 valence electrons. The largest absolute Gasteiger partial charge is 0.383 e. The van der Waals surface area contributed by atoms with Crippen LogP contribution < -0.4 is 10.2 Å². The number of carbonyl (C=O) groups excluding carboxylic acids is 1. The maximum Gasteiger partial charge on any atom is 0.229 e. The fourth-order valence-corrected chi connectivity index (χ4v) is 5.78. The Balaban J connectivity index is 1.18. The summed E-state index contributed by atoms with van der Waals surface area (Å²) in [4.78, 5) is 14.3. The molecule has 2 aromatic rings. The van der Waals surface area contributed by atoms with Gasteiger partial charge in [-0.25, -0.2) is 4.68 Å². The molecule has 0 spiro atoms. The molecule has 4 atom stereocenters. The Kier molecular flexibility index (Phi) is 5.33. The van der Waals surface area contributed by atoms with Gasteiger partial charge in [-0.05, 0) is 24.3 Å². The van der Waals surface area contributed by atoms with E-state index in [1.165, 1.54) is 4.90 Å². The number of piperidine rings is 3. The van der Waals surface area contributed by atoms with Gasteiger partial charge >= 0.3 is 0 Å². The molecular formula is C23H32N5O2+. The zero-order chi connectivity index (χ0) is 20.6. The van der Waals surface area contributed by atoms with E-state index in [0.717, 1.165) is 69.4 Å². The van der Waals surface area contributed by atoms with E-state index in [0.29, 0.717) is 18.5 Å². The summed E-state index contributed by atoms with van der Waals surface area (Å²) in [5.74, 6) is 0.760. The Morgan fingerprint density at radius 1 is 1.27 bits per heavy atom. The molecule has 1 aliphatic carbocycles. The van der Waals surface area contributed by atoms with Crippen molar-refractivity contribution < 1.29 is 14.8 Å². The first-order valence-electron chi connectivity index (χ1n) is 11.4. The minimum Gasteiger partial charge on any atom is -0.383 e. The van der Waals surface area contributed by atoms with Crippen molar-refractivity contribution in [2.75, 3.05) is 13.1 Å². The third-order valence-corrected chi connectivity index (χ3v) is 7.55. The third-order valence-electron chi connectivity index (χ3n) is 7.55. The van der Waals surface area contributed by atoms with Gasteiger partial charge in [-0.3, -0.25) is 4.79 Å². The molecule has 6 rings (SSSR count). The highest BCUT2D eigenvalue weighted by molar-refractivity contribution is 5.79. The van der Waals surface area contributed by atoms with Crippen LogP contribution in [0, 0.1) is 11.8 Å². The third kappa shape index (κ3) is 3.88. The van der Waals surface area contributed by atoms with Crippen LogP contribution in [0.1, 0.15) is 49.8 Å². The first-order valence-corrected chi connectivity index (χ1v) is 11.4. The number of fused-ring (bicyclic) bond motifs is 3. The Labute approximate surface area is 177 Å². The molecule has 7 heteroatoms. The molecule has 4 aliphatic rings. The van der Waals surface area contributed by atoms with Gasteiger partial charge in [0.15, 0.2) is 0 Å². The molecule has 1 saturated carbocycles. The molecule has 3 aliphatic heterocycles. The number of aliphatic hydroxyl groups is 1. The number of amides is 1. The molecule has 7 nitrogen and oxygen atoms in total. The van der Waals surface area contributed by atoms with Crippen molar-refractivity contribution in [3.63, 3.8) is 0 Å². The fourth-order valence-electron chi connectivity index (χ4n) is 5.78. The lowest BCUT2D eigenvalue weighted by Crippen LogP contribution is -3.20. The van der Waals surface area contributed by atoms with E-state index in [4.69, 9.17) is 0 Å². The standard InChI is InChI=1S/C23H31N5O2/c29-22(24-13-17-6-2-1-3-7-17)20-15-27-11-8-18(20)12-19(27)14-28-16-21(25-26-28)23(30)9-4-5-10-23/h1-3,6-7,16,18-20,30H,4-5,8-15H2,(H,24,29)/p+1/t18-,19-,20+/m1/s1. The Morgan fingerprint density at radius 3 is 2.80 bits per heavy atom. The van der Waals surface area contributed by atoms with Crippen LogP contribution in [0.25, 0.3) is 0 Å². The molecule has 1 amide bonds. The Hall–Kier alpha value is -2.25. The van der Waals surface area contributed by atoms with Gasteiger partial charge < -0.3 is 15.3 Å². The molecular weight excluding hydrogens is 378 g/mol. The molecule has 0 radical (unpaired) electrons. The molecule has 4 heterocycles. The summed E-state index contributed by atoms with van der Waals surface area (Å²) in [7, 11) is 0. The van der Waals surface area contributed by atoms with Gasteiger partial charge in [0.05, 0.1) is 31.7 Å². The van der Waals surface area contributed by atoms with E-state index in [1.54, 1.807) is 0 Å². The second-order valence-electron chi connectivity index (χ2n) is 9.47. The molecule has 1 aromatic carbocycles. The van der Waals surface area contributed by atoms with E-state index < -0.39 is 5.60 Å². The number of carbonyl (C=O) groups is 1. The van der Waals surface area contributed by atoms with Gasteiger partial charge in [0, 0.05) is 19.4 Å². The van der Waals surface area contributed by atoms with Crippen LogP contribution in [0.2, 0.25) is 0 Å². The maximum absolute atomic E-state index is 12.8. The highest BCUT2D eigenvalue weighted by atomic mass is 16.3. The summed E-state index contributed by atoms with van der Waals surface area (Å²) in [6, 6.07) is 10.6. The SMILES string of the molecule is O=C(NCc1ccccc1)[C@H]1C[NH+]2CC[C@@H]1C[C@@H]2Cn1cc(C2(O)CCCC2)nn1. The molecule has 3 N–H and O–H groups in total. The first-order chi connectivity index (χ1) is 14.6. The van der Waals surface area contributed by atoms with Gasteiger partial charge in [0.1, 0.15) is 17.3 Å². The van der Waals surface area contributed by atoms with Gasteiger partial charge in [0.25, 0.3) is 0 Å². The maximum atomic E-state index is 12.8. The molecule has 3 saturated heterocycles. The number of hydrogen-bond donors (Lipinski definition) is 3. The average molecular weight is 411 g/mol. The zero-order valence-corrected chi connectivity index (χ0v) is 17.5. The van der Waals surface area contributed by atoms with Crippen LogP contribution in [-0.4, -0.2) is 45.1 Å². The number of benzene rings is 1. The summed E-state index contributed by atoms with van der Waals surface area (Å²) in [6.07, 6.45) is 7.80. The number of aromatic nitrogens is 3. The highest BCUT2D eigenvalue weighted by Crippen LogP contribution is 2.37. The average Bonchev–Trinajstić information content (AvgIpc) is 3.43. The van der Waals surface area contributed by atoms with E-state index >= 15 is 0 Å². The van der Waals surface area contributed by atoms with E-state index in [9.17, 15) is 9.90 Å². The zero-order valence-electron chi connectivity index (χ0n) is 17.5. The predicted molar refractivity (Wildman–Crippen MR) is 111 cm³/mol. The van der Waals surface area contributed by atoms with Crippen LogP contribution in [0.5, 0.6) is 0 Å². The number of nitrogens with one attached hydrogen (secondary N) is 2. The summed E-state index contributed by atoms with van der Waals surface area (Å²) in [5.41, 5.74) is 1.09. The van der Waals surface area contributed by atoms with Crippen molar-refractivity contribution in [1.29, 1.82) is 0 Å². The lowest BCUT2D eigenvalue weighted by atomic mass is 9.75. The van der Waals surface area contributed by atoms with Crippen LogP contribution in [0.4, 0.5) is 0 Å². The van der Waals surface area contributed by atoms with Crippen LogP contribution >= 0.6 is 0 Å². The lowest BCUT2D eigenvalue weighted by Gasteiger charge is -2.46. The second kappa shape index (κ2) is 8.12. The highest BCUT2D eigenvalue weighted by Gasteiger charge is 2.46. The Morgan fingerprint density at radius 2 is 2.07 bits per heavy atom. The molecule has 30 heavy (non-hydrogen) atoms. The number of quaternary nitrogens is 1. The van der Waals surface area contributed by atoms with Crippen molar-refractivity contribution in [3.05, 3.63) is 47.8 Å². The topological polar surface area (TPSA) is 84.5 Å². The first kappa shape index (κ1) is 19.7. The molecule has 1 unspecified atom stereocenters. The van der Waals surface area contributed by atoms with E-state index in [1.807, 2.05) is 41.2 Å². The number of rotatable bonds is 6. The van der Waals surface area contributed by atoms with Gasteiger partial charge in [-0.15, -0.1) is 5.10 Å². The summed E-state index contributed by atoms with van der Waals surface area (Å²) >= 11 is 0. The van der Waals surface area contributed by atoms with Crippen LogP contribution in [0.3, 0.4) is 0 Å². The van der Waals surface area contributed by atoms with Crippen molar-refractivity contribution in [3.8, 4) is 0 Å². The second-order valence-corrected chi connectivity index (χ2v) is 9.47. The minimum absolute atomic E-state index is 0.110. The van der Waals surface area contributed by atoms with Gasteiger partial charge in [0.2, 0.25) is 5.91 Å². The predicted octanol–water partition coefficient (Wildman–Crippen LogP) is 0.649. The molecule has 2 bridgehead atoms.